The maximum absolute atomic E-state index is 10.8. The minimum atomic E-state index is 0.430. The smallest absolute Gasteiger partial charge is 0.127 e. The summed E-state index contributed by atoms with van der Waals surface area (Å²) in [5.41, 5.74) is 3.52. The molecule has 2 saturated carbocycles. The first-order valence-electron chi connectivity index (χ1n) is 11.0. The van der Waals surface area contributed by atoms with E-state index in [-0.39, 0.29) is 0 Å². The lowest BCUT2D eigenvalue weighted by Gasteiger charge is -2.25. The normalized spacial score (nSPS) is 28.6. The second kappa shape index (κ2) is 9.06. The van der Waals surface area contributed by atoms with Gasteiger partial charge in [-0.2, -0.15) is 0 Å². The van der Waals surface area contributed by atoms with Crippen molar-refractivity contribution in [2.24, 2.45) is 16.8 Å². The zero-order valence-corrected chi connectivity index (χ0v) is 17.0. The fraction of sp³-hybridized carbons (Fsp3) is 0.708. The Labute approximate surface area is 160 Å². The predicted octanol–water partition coefficient (Wildman–Crippen LogP) is 6.64. The first-order chi connectivity index (χ1) is 12.6. The van der Waals surface area contributed by atoms with Crippen molar-refractivity contribution >= 4 is 6.21 Å². The third kappa shape index (κ3) is 4.69. The number of aliphatic imine (C=N–C) groups is 1. The maximum Gasteiger partial charge on any atom is 0.127 e. The van der Waals surface area contributed by atoms with Gasteiger partial charge in [-0.15, -0.1) is 0 Å². The summed E-state index contributed by atoms with van der Waals surface area (Å²) in [5, 5.41) is 10.8. The first kappa shape index (κ1) is 19.5. The monoisotopic (exact) mass is 355 g/mol. The van der Waals surface area contributed by atoms with Crippen LogP contribution in [-0.4, -0.2) is 17.4 Å². The van der Waals surface area contributed by atoms with Gasteiger partial charge in [0.2, 0.25) is 0 Å². The van der Waals surface area contributed by atoms with Crippen LogP contribution in [0.25, 0.3) is 0 Å². The van der Waals surface area contributed by atoms with Crippen LogP contribution < -0.4 is 0 Å². The summed E-state index contributed by atoms with van der Waals surface area (Å²) in [6, 6.07) is 4.94. The summed E-state index contributed by atoms with van der Waals surface area (Å²) in [4.78, 5) is 4.91. The van der Waals surface area contributed by atoms with Crippen LogP contribution >= 0.6 is 0 Å². The molecule has 144 valence electrons. The summed E-state index contributed by atoms with van der Waals surface area (Å²) in [6.45, 7) is 6.82. The molecule has 1 aromatic rings. The van der Waals surface area contributed by atoms with E-state index in [1.807, 2.05) is 6.21 Å². The Morgan fingerprint density at radius 2 is 1.96 bits per heavy atom. The van der Waals surface area contributed by atoms with E-state index in [4.69, 9.17) is 4.99 Å². The van der Waals surface area contributed by atoms with Crippen molar-refractivity contribution < 1.29 is 5.11 Å². The Bertz CT molecular complexity index is 621. The number of aromatic hydroxyl groups is 1. The van der Waals surface area contributed by atoms with Crippen molar-refractivity contribution in [1.29, 1.82) is 0 Å². The fourth-order valence-electron chi connectivity index (χ4n) is 4.65. The molecule has 0 heterocycles. The molecule has 0 spiro atoms. The lowest BCUT2D eigenvalue weighted by Crippen LogP contribution is -2.20. The van der Waals surface area contributed by atoms with E-state index in [9.17, 15) is 5.11 Å². The molecule has 3 rings (SSSR count). The number of benzene rings is 1. The van der Waals surface area contributed by atoms with Crippen LogP contribution in [0.15, 0.2) is 17.1 Å². The summed E-state index contributed by atoms with van der Waals surface area (Å²) in [6.07, 6.45) is 14.3. The molecule has 4 atom stereocenters. The Hall–Kier alpha value is -1.31. The molecule has 26 heavy (non-hydrogen) atoms. The summed E-state index contributed by atoms with van der Waals surface area (Å²) in [5.74, 6) is 2.70. The highest BCUT2D eigenvalue weighted by molar-refractivity contribution is 5.84. The number of rotatable bonds is 8. The molecule has 0 amide bonds. The molecule has 2 aliphatic rings. The topological polar surface area (TPSA) is 32.6 Å². The average molecular weight is 356 g/mol. The molecule has 0 radical (unpaired) electrons. The van der Waals surface area contributed by atoms with Gasteiger partial charge in [-0.05, 0) is 67.1 Å². The van der Waals surface area contributed by atoms with Crippen molar-refractivity contribution in [2.75, 3.05) is 0 Å². The van der Waals surface area contributed by atoms with Crippen LogP contribution in [0, 0.1) is 11.8 Å². The van der Waals surface area contributed by atoms with Gasteiger partial charge in [0.05, 0.1) is 6.04 Å². The van der Waals surface area contributed by atoms with Crippen LogP contribution in [0.1, 0.15) is 101 Å². The highest BCUT2D eigenvalue weighted by Gasteiger charge is 2.37. The molecule has 0 aromatic heterocycles. The molecule has 2 aliphatic carbocycles. The molecule has 4 unspecified atom stereocenters. The van der Waals surface area contributed by atoms with Gasteiger partial charge in [0.25, 0.3) is 0 Å². The number of phenols is 1. The minimum Gasteiger partial charge on any atom is -0.507 e. The number of nitrogens with zero attached hydrogens (tertiary/aromatic N) is 1. The van der Waals surface area contributed by atoms with E-state index >= 15 is 0 Å². The van der Waals surface area contributed by atoms with Crippen LogP contribution in [0.2, 0.25) is 0 Å². The largest absolute Gasteiger partial charge is 0.507 e. The molecule has 1 N–H and O–H groups in total. The van der Waals surface area contributed by atoms with Crippen molar-refractivity contribution in [3.63, 3.8) is 0 Å². The molecule has 2 nitrogen and oxygen atoms in total. The lowest BCUT2D eigenvalue weighted by atomic mass is 9.86. The Kier molecular flexibility index (Phi) is 6.78. The number of hydrogen-bond acceptors (Lipinski definition) is 2. The van der Waals surface area contributed by atoms with Crippen LogP contribution in [0.4, 0.5) is 0 Å². The van der Waals surface area contributed by atoms with E-state index in [0.717, 1.165) is 36.3 Å². The van der Waals surface area contributed by atoms with Crippen molar-refractivity contribution in [3.8, 4) is 5.75 Å². The molecule has 2 fully saturated rings. The van der Waals surface area contributed by atoms with Crippen LogP contribution in [-0.2, 0) is 6.42 Å². The van der Waals surface area contributed by atoms with Gasteiger partial charge in [0.1, 0.15) is 5.75 Å². The van der Waals surface area contributed by atoms with Crippen LogP contribution in [0.3, 0.4) is 0 Å². The minimum absolute atomic E-state index is 0.430. The van der Waals surface area contributed by atoms with Crippen LogP contribution in [0.5, 0.6) is 5.75 Å². The predicted molar refractivity (Wildman–Crippen MR) is 111 cm³/mol. The standard InChI is InChI=1S/C24H37NO/c1-4-6-11-19-13-20(22-15-18(22)9-5-2)14-21(24(19)26)16-25-23-12-8-7-10-17(23)3/h13-14,16-18,22-23,26H,4-12,15H2,1-3H3. The number of aryl methyl sites for hydroxylation is 1. The molecular formula is C24H37NO. The first-order valence-corrected chi connectivity index (χ1v) is 11.0. The van der Waals surface area contributed by atoms with E-state index in [1.54, 1.807) is 0 Å². The summed E-state index contributed by atoms with van der Waals surface area (Å²) in [7, 11) is 0. The second-order valence-electron chi connectivity index (χ2n) is 8.72. The molecule has 0 bridgehead atoms. The average Bonchev–Trinajstić information content (AvgIpc) is 3.40. The molecule has 0 aliphatic heterocycles. The van der Waals surface area contributed by atoms with Gasteiger partial charge in [-0.1, -0.05) is 58.9 Å². The number of hydrogen-bond donors (Lipinski definition) is 1. The Morgan fingerprint density at radius 3 is 2.69 bits per heavy atom. The zero-order chi connectivity index (χ0) is 18.5. The van der Waals surface area contributed by atoms with Gasteiger partial charge in [0.15, 0.2) is 0 Å². The van der Waals surface area contributed by atoms with E-state index < -0.39 is 0 Å². The second-order valence-corrected chi connectivity index (χ2v) is 8.72. The molecule has 2 heteroatoms. The van der Waals surface area contributed by atoms with E-state index in [2.05, 4.69) is 32.9 Å². The number of phenolic OH excluding ortho intramolecular Hbond substituents is 1. The van der Waals surface area contributed by atoms with Gasteiger partial charge in [-0.3, -0.25) is 4.99 Å². The van der Waals surface area contributed by atoms with Gasteiger partial charge < -0.3 is 5.11 Å². The van der Waals surface area contributed by atoms with Gasteiger partial charge in [0, 0.05) is 11.8 Å². The van der Waals surface area contributed by atoms with Gasteiger partial charge in [-0.25, -0.2) is 0 Å². The molecule has 1 aromatic carbocycles. The maximum atomic E-state index is 10.8. The highest BCUT2D eigenvalue weighted by atomic mass is 16.3. The summed E-state index contributed by atoms with van der Waals surface area (Å²) >= 11 is 0. The lowest BCUT2D eigenvalue weighted by molar-refractivity contribution is 0.333. The Morgan fingerprint density at radius 1 is 1.15 bits per heavy atom. The fourth-order valence-corrected chi connectivity index (χ4v) is 4.65. The highest BCUT2D eigenvalue weighted by Crippen LogP contribution is 2.51. The van der Waals surface area contributed by atoms with E-state index in [1.165, 1.54) is 50.5 Å². The SMILES string of the molecule is CCCCc1cc(C2CC2CCC)cc(C=NC2CCCCC2C)c1O. The molecular weight excluding hydrogens is 318 g/mol. The van der Waals surface area contributed by atoms with Crippen molar-refractivity contribution in [1.82, 2.24) is 0 Å². The van der Waals surface area contributed by atoms with Gasteiger partial charge >= 0.3 is 0 Å². The van der Waals surface area contributed by atoms with Crippen molar-refractivity contribution in [2.45, 2.75) is 96.9 Å². The van der Waals surface area contributed by atoms with E-state index in [0.29, 0.717) is 23.6 Å². The quantitative estimate of drug-likeness (QED) is 0.521. The number of unbranched alkanes of at least 4 members (excludes halogenated alkanes) is 1. The third-order valence-corrected chi connectivity index (χ3v) is 6.52. The Balaban J connectivity index is 1.82. The van der Waals surface area contributed by atoms with Crippen molar-refractivity contribution in [3.05, 3.63) is 28.8 Å². The third-order valence-electron chi connectivity index (χ3n) is 6.52. The zero-order valence-electron chi connectivity index (χ0n) is 17.0. The molecule has 0 saturated heterocycles. The summed E-state index contributed by atoms with van der Waals surface area (Å²) < 4.78 is 0.